The molecule has 0 unspecified atom stereocenters. The number of nitrogens with one attached hydrogen (secondary N) is 1. The minimum atomic E-state index is -3.57. The Kier molecular flexibility index (Phi) is 11.4. The Hall–Kier alpha value is -3.07. The van der Waals surface area contributed by atoms with Gasteiger partial charge >= 0.3 is 0 Å². The summed E-state index contributed by atoms with van der Waals surface area (Å²) in [5.41, 5.74) is 3.11. The molecule has 3 aromatic rings. The van der Waals surface area contributed by atoms with Crippen LogP contribution in [0.4, 0.5) is 5.69 Å². The molecule has 0 heterocycles. The Morgan fingerprint density at radius 1 is 0.975 bits per heavy atom. The van der Waals surface area contributed by atoms with Gasteiger partial charge < -0.3 is 10.2 Å². The normalized spacial score (nSPS) is 12.0. The number of aryl methyl sites for hydroxylation is 1. The van der Waals surface area contributed by atoms with E-state index in [9.17, 15) is 18.0 Å². The SMILES string of the molecule is CCNC(=O)[C@H](Cc1ccccc1)N(Cc1ccc(Cl)cc1Cl)C(=O)CCCN(c1ccc(C)cc1)S(C)(=O)=O. The predicted molar refractivity (Wildman–Crippen MR) is 162 cm³/mol. The molecule has 0 aliphatic heterocycles. The van der Waals surface area contributed by atoms with Crippen LogP contribution in [0.3, 0.4) is 0 Å². The quantitative estimate of drug-likeness (QED) is 0.274. The van der Waals surface area contributed by atoms with Crippen molar-refractivity contribution in [2.75, 3.05) is 23.7 Å². The number of nitrogens with zero attached hydrogens (tertiary/aromatic N) is 2. The molecule has 40 heavy (non-hydrogen) atoms. The van der Waals surface area contributed by atoms with E-state index in [1.165, 1.54) is 9.21 Å². The summed E-state index contributed by atoms with van der Waals surface area (Å²) in [6.07, 6.45) is 1.75. The second-order valence-corrected chi connectivity index (χ2v) is 12.4. The molecule has 0 aliphatic rings. The lowest BCUT2D eigenvalue weighted by Gasteiger charge is -2.32. The van der Waals surface area contributed by atoms with Crippen LogP contribution in [-0.4, -0.2) is 50.5 Å². The number of anilines is 1. The zero-order valence-corrected chi connectivity index (χ0v) is 25.3. The highest BCUT2D eigenvalue weighted by atomic mass is 35.5. The van der Waals surface area contributed by atoms with Gasteiger partial charge in [0.1, 0.15) is 6.04 Å². The molecule has 0 spiro atoms. The van der Waals surface area contributed by atoms with Gasteiger partial charge in [-0.15, -0.1) is 0 Å². The summed E-state index contributed by atoms with van der Waals surface area (Å²) in [5.74, 6) is -0.558. The van der Waals surface area contributed by atoms with Crippen LogP contribution in [0.2, 0.25) is 10.0 Å². The highest BCUT2D eigenvalue weighted by Gasteiger charge is 2.30. The lowest BCUT2D eigenvalue weighted by atomic mass is 10.0. The predicted octanol–water partition coefficient (Wildman–Crippen LogP) is 5.62. The van der Waals surface area contributed by atoms with Crippen LogP contribution in [0.5, 0.6) is 0 Å². The van der Waals surface area contributed by atoms with Crippen molar-refractivity contribution in [1.29, 1.82) is 0 Å². The zero-order chi connectivity index (χ0) is 29.3. The molecule has 0 radical (unpaired) electrons. The first kappa shape index (κ1) is 31.5. The first-order chi connectivity index (χ1) is 19.0. The third-order valence-corrected chi connectivity index (χ3v) is 8.23. The standard InChI is InChI=1S/C30H35Cl2N3O4S/c1-4-33-30(37)28(19-23-9-6-5-7-10-23)34(21-24-14-15-25(31)20-27(24)32)29(36)11-8-18-35(40(3,38)39)26-16-12-22(2)13-17-26/h5-7,9-10,12-17,20,28H,4,8,11,18-19,21H2,1-3H3,(H,33,37)/t28-/m0/s1. The van der Waals surface area contributed by atoms with Crippen molar-refractivity contribution in [2.45, 2.75) is 45.7 Å². The van der Waals surface area contributed by atoms with E-state index in [0.717, 1.165) is 17.4 Å². The second kappa shape index (κ2) is 14.5. The summed E-state index contributed by atoms with van der Waals surface area (Å²) < 4.78 is 26.4. The highest BCUT2D eigenvalue weighted by Crippen LogP contribution is 2.25. The van der Waals surface area contributed by atoms with Crippen molar-refractivity contribution in [3.8, 4) is 0 Å². The van der Waals surface area contributed by atoms with Gasteiger partial charge in [-0.3, -0.25) is 13.9 Å². The van der Waals surface area contributed by atoms with E-state index in [1.54, 1.807) is 30.3 Å². The lowest BCUT2D eigenvalue weighted by molar-refractivity contribution is -0.141. The Labute approximate surface area is 247 Å². The fourth-order valence-electron chi connectivity index (χ4n) is 4.39. The highest BCUT2D eigenvalue weighted by molar-refractivity contribution is 7.92. The van der Waals surface area contributed by atoms with E-state index in [-0.39, 0.29) is 37.7 Å². The molecule has 0 aliphatic carbocycles. The van der Waals surface area contributed by atoms with Crippen molar-refractivity contribution >= 4 is 50.7 Å². The maximum atomic E-state index is 13.8. The summed E-state index contributed by atoms with van der Waals surface area (Å²) in [5, 5.41) is 3.71. The first-order valence-corrected chi connectivity index (χ1v) is 15.7. The van der Waals surface area contributed by atoms with Crippen molar-refractivity contribution in [3.63, 3.8) is 0 Å². The summed E-state index contributed by atoms with van der Waals surface area (Å²) in [7, 11) is -3.57. The monoisotopic (exact) mass is 603 g/mol. The number of sulfonamides is 1. The minimum Gasteiger partial charge on any atom is -0.355 e. The Morgan fingerprint density at radius 2 is 1.65 bits per heavy atom. The smallest absolute Gasteiger partial charge is 0.243 e. The van der Waals surface area contributed by atoms with Crippen LogP contribution in [-0.2, 0) is 32.6 Å². The summed E-state index contributed by atoms with van der Waals surface area (Å²) in [6, 6.07) is 20.9. The molecule has 1 atom stereocenters. The zero-order valence-electron chi connectivity index (χ0n) is 22.9. The van der Waals surface area contributed by atoms with Crippen LogP contribution < -0.4 is 9.62 Å². The fourth-order valence-corrected chi connectivity index (χ4v) is 5.83. The number of likely N-dealkylation sites (N-methyl/N-ethyl adjacent to an activating group) is 1. The average Bonchev–Trinajstić information content (AvgIpc) is 2.90. The Morgan fingerprint density at radius 3 is 2.25 bits per heavy atom. The van der Waals surface area contributed by atoms with E-state index < -0.39 is 16.1 Å². The van der Waals surface area contributed by atoms with Gasteiger partial charge in [0.2, 0.25) is 21.8 Å². The maximum absolute atomic E-state index is 13.8. The van der Waals surface area contributed by atoms with Gasteiger partial charge in [-0.25, -0.2) is 8.42 Å². The maximum Gasteiger partial charge on any atom is 0.243 e. The van der Waals surface area contributed by atoms with Crippen molar-refractivity contribution in [3.05, 3.63) is 99.5 Å². The van der Waals surface area contributed by atoms with Crippen molar-refractivity contribution in [1.82, 2.24) is 10.2 Å². The van der Waals surface area contributed by atoms with Crippen LogP contribution in [0, 0.1) is 6.92 Å². The molecule has 3 rings (SSSR count). The van der Waals surface area contributed by atoms with Gasteiger partial charge in [0.05, 0.1) is 11.9 Å². The topological polar surface area (TPSA) is 86.8 Å². The van der Waals surface area contributed by atoms with Crippen LogP contribution in [0.15, 0.2) is 72.8 Å². The molecule has 214 valence electrons. The molecule has 1 N–H and O–H groups in total. The number of rotatable bonds is 13. The molecular weight excluding hydrogens is 569 g/mol. The molecule has 0 bridgehead atoms. The van der Waals surface area contributed by atoms with Gasteiger partial charge in [0.25, 0.3) is 0 Å². The summed E-state index contributed by atoms with van der Waals surface area (Å²) in [4.78, 5) is 28.6. The van der Waals surface area contributed by atoms with Crippen LogP contribution in [0.25, 0.3) is 0 Å². The van der Waals surface area contributed by atoms with E-state index in [0.29, 0.717) is 34.3 Å². The average molecular weight is 605 g/mol. The van der Waals surface area contributed by atoms with E-state index in [1.807, 2.05) is 56.3 Å². The second-order valence-electron chi connectivity index (χ2n) is 9.63. The number of hydrogen-bond donors (Lipinski definition) is 1. The number of hydrogen-bond acceptors (Lipinski definition) is 4. The van der Waals surface area contributed by atoms with Gasteiger partial charge in [-0.05, 0) is 55.7 Å². The molecule has 0 aromatic heterocycles. The van der Waals surface area contributed by atoms with Gasteiger partial charge in [-0.2, -0.15) is 0 Å². The van der Waals surface area contributed by atoms with Gasteiger partial charge in [0, 0.05) is 42.5 Å². The molecule has 7 nitrogen and oxygen atoms in total. The van der Waals surface area contributed by atoms with Crippen molar-refractivity contribution < 1.29 is 18.0 Å². The Balaban J connectivity index is 1.88. The van der Waals surface area contributed by atoms with Crippen LogP contribution in [0.1, 0.15) is 36.5 Å². The van der Waals surface area contributed by atoms with Crippen molar-refractivity contribution in [2.24, 2.45) is 0 Å². The lowest BCUT2D eigenvalue weighted by Crippen LogP contribution is -2.50. The van der Waals surface area contributed by atoms with E-state index >= 15 is 0 Å². The molecule has 10 heteroatoms. The first-order valence-electron chi connectivity index (χ1n) is 13.1. The van der Waals surface area contributed by atoms with Gasteiger partial charge in [-0.1, -0.05) is 77.3 Å². The molecule has 3 aromatic carbocycles. The number of amides is 2. The fraction of sp³-hybridized carbons (Fsp3) is 0.333. The largest absolute Gasteiger partial charge is 0.355 e. The third kappa shape index (κ3) is 8.98. The number of carbonyl (C=O) groups is 2. The number of benzene rings is 3. The number of carbonyl (C=O) groups excluding carboxylic acids is 2. The molecule has 2 amide bonds. The third-order valence-electron chi connectivity index (χ3n) is 6.45. The molecule has 0 saturated heterocycles. The summed E-state index contributed by atoms with van der Waals surface area (Å²) in [6.45, 7) is 4.37. The van der Waals surface area contributed by atoms with E-state index in [4.69, 9.17) is 23.2 Å². The van der Waals surface area contributed by atoms with Crippen LogP contribution >= 0.6 is 23.2 Å². The molecular formula is C30H35Cl2N3O4S. The van der Waals surface area contributed by atoms with E-state index in [2.05, 4.69) is 5.32 Å². The number of halogens is 2. The summed E-state index contributed by atoms with van der Waals surface area (Å²) >= 11 is 12.6. The minimum absolute atomic E-state index is 0.0355. The Bertz CT molecular complexity index is 1400. The molecule has 0 fully saturated rings. The van der Waals surface area contributed by atoms with Gasteiger partial charge in [0.15, 0.2) is 0 Å². The molecule has 0 saturated carbocycles.